The first kappa shape index (κ1) is 24.4. The molecule has 2 amide bonds. The highest BCUT2D eigenvalue weighted by atomic mass is 35.5. The molecule has 180 valence electrons. The van der Waals surface area contributed by atoms with Crippen LogP contribution in [0.5, 0.6) is 0 Å². The maximum atomic E-state index is 13.3. The van der Waals surface area contributed by atoms with Crippen LogP contribution in [-0.4, -0.2) is 41.8 Å². The van der Waals surface area contributed by atoms with Crippen LogP contribution in [-0.2, 0) is 4.79 Å². The largest absolute Gasteiger partial charge is 0.372 e. The van der Waals surface area contributed by atoms with Crippen molar-refractivity contribution >= 4 is 35.3 Å². The van der Waals surface area contributed by atoms with E-state index in [2.05, 4.69) is 29.5 Å². The van der Waals surface area contributed by atoms with Crippen molar-refractivity contribution in [3.05, 3.63) is 100 Å². The molecule has 0 radical (unpaired) electrons. The van der Waals surface area contributed by atoms with E-state index in [-0.39, 0.29) is 11.5 Å². The minimum Gasteiger partial charge on any atom is -0.372 e. The van der Waals surface area contributed by atoms with Crippen LogP contribution in [0.25, 0.3) is 0 Å². The topological polar surface area (TPSA) is 64.5 Å². The van der Waals surface area contributed by atoms with Gasteiger partial charge in [-0.1, -0.05) is 23.7 Å². The van der Waals surface area contributed by atoms with Crippen molar-refractivity contribution in [2.24, 2.45) is 0 Å². The Labute approximate surface area is 209 Å². The molecule has 8 heteroatoms. The average molecular weight is 494 g/mol. The maximum Gasteiger partial charge on any atom is 0.304 e. The van der Waals surface area contributed by atoms with Crippen LogP contribution in [0.1, 0.15) is 41.4 Å². The lowest BCUT2D eigenvalue weighted by atomic mass is 9.99. The number of hydrazine groups is 1. The second-order valence-corrected chi connectivity index (χ2v) is 8.67. The van der Waals surface area contributed by atoms with Gasteiger partial charge in [-0.25, -0.2) is 4.39 Å². The number of rotatable bonds is 7. The van der Waals surface area contributed by atoms with Crippen molar-refractivity contribution in [1.29, 1.82) is 0 Å². The zero-order valence-corrected chi connectivity index (χ0v) is 20.3. The number of nitrogens with one attached hydrogen (secondary N) is 2. The van der Waals surface area contributed by atoms with Gasteiger partial charge in [0.2, 0.25) is 12.3 Å². The Balaban J connectivity index is 1.66. The van der Waals surface area contributed by atoms with Gasteiger partial charge in [-0.05, 0) is 74.5 Å². The minimum atomic E-state index is -0.875. The highest BCUT2D eigenvalue weighted by Crippen LogP contribution is 2.27. The summed E-state index contributed by atoms with van der Waals surface area (Å²) < 4.78 is 15.0. The summed E-state index contributed by atoms with van der Waals surface area (Å²) in [5, 5.41) is 3.38. The van der Waals surface area contributed by atoms with Crippen LogP contribution in [0, 0.1) is 5.82 Å². The molecule has 0 unspecified atom stereocenters. The van der Waals surface area contributed by atoms with Crippen molar-refractivity contribution in [2.45, 2.75) is 25.9 Å². The van der Waals surface area contributed by atoms with E-state index in [0.29, 0.717) is 5.02 Å². The zero-order chi connectivity index (χ0) is 24.9. The van der Waals surface area contributed by atoms with Crippen molar-refractivity contribution in [2.75, 3.05) is 18.0 Å². The predicted molar refractivity (Wildman–Crippen MR) is 135 cm³/mol. The summed E-state index contributed by atoms with van der Waals surface area (Å²) in [5.74, 6) is -1.25. The number of anilines is 1. The van der Waals surface area contributed by atoms with Gasteiger partial charge in [0.15, 0.2) is 6.04 Å². The van der Waals surface area contributed by atoms with Gasteiger partial charge >= 0.3 is 5.91 Å². The lowest BCUT2D eigenvalue weighted by Crippen LogP contribution is -2.42. The normalized spacial score (nSPS) is 18.4. The molecule has 0 spiro atoms. The van der Waals surface area contributed by atoms with Gasteiger partial charge in [0.05, 0.1) is 0 Å². The van der Waals surface area contributed by atoms with Crippen LogP contribution >= 0.6 is 11.6 Å². The Kier molecular flexibility index (Phi) is 7.46. The minimum absolute atomic E-state index is 0.267. The number of hydrazone groups is 1. The molecule has 0 bridgehead atoms. The van der Waals surface area contributed by atoms with E-state index in [1.807, 2.05) is 42.6 Å². The second kappa shape index (κ2) is 10.7. The first-order valence-corrected chi connectivity index (χ1v) is 11.9. The molecule has 4 rings (SSSR count). The summed E-state index contributed by atoms with van der Waals surface area (Å²) in [6.07, 6.45) is 1.84. The fourth-order valence-electron chi connectivity index (χ4n) is 4.19. The molecule has 6 nitrogen and oxygen atoms in total. The molecule has 0 aromatic heterocycles. The van der Waals surface area contributed by atoms with Crippen LogP contribution in [0.3, 0.4) is 0 Å². The van der Waals surface area contributed by atoms with Gasteiger partial charge in [0, 0.05) is 40.5 Å². The van der Waals surface area contributed by atoms with E-state index < -0.39 is 23.8 Å². The molecular weight excluding hydrogens is 467 g/mol. The SMILES string of the molecule is CCN(CC)c1ccc(/C=[N+]2\NC(=O)[C@@H](NC(=O)c3ccc(F)cc3)[C@@H]2c2ccc(Cl)cc2)cc1. The quantitative estimate of drug-likeness (QED) is 0.481. The van der Waals surface area contributed by atoms with Gasteiger partial charge in [-0.2, -0.15) is 0 Å². The van der Waals surface area contributed by atoms with Gasteiger partial charge < -0.3 is 10.2 Å². The molecule has 3 aromatic rings. The van der Waals surface area contributed by atoms with Gasteiger partial charge in [0.1, 0.15) is 5.82 Å². The molecule has 3 aromatic carbocycles. The van der Waals surface area contributed by atoms with Crippen molar-refractivity contribution in [1.82, 2.24) is 10.7 Å². The molecule has 2 N–H and O–H groups in total. The Morgan fingerprint density at radius 1 is 1.03 bits per heavy atom. The molecule has 1 aliphatic heterocycles. The van der Waals surface area contributed by atoms with E-state index in [1.54, 1.807) is 16.8 Å². The summed E-state index contributed by atoms with van der Waals surface area (Å²) in [4.78, 5) is 28.1. The Morgan fingerprint density at radius 3 is 2.26 bits per heavy atom. The molecule has 35 heavy (non-hydrogen) atoms. The maximum absolute atomic E-state index is 13.3. The lowest BCUT2D eigenvalue weighted by Gasteiger charge is -2.20. The van der Waals surface area contributed by atoms with Gasteiger partial charge in [0.25, 0.3) is 5.91 Å². The number of hydrogen-bond donors (Lipinski definition) is 2. The van der Waals surface area contributed by atoms with Gasteiger partial charge in [-0.15, -0.1) is 10.1 Å². The molecule has 1 heterocycles. The number of carbonyl (C=O) groups excluding carboxylic acids is 2. The first-order chi connectivity index (χ1) is 16.9. The van der Waals surface area contributed by atoms with Crippen molar-refractivity contribution < 1.29 is 18.7 Å². The number of amides is 2. The number of carbonyl (C=O) groups is 2. The van der Waals surface area contributed by atoms with E-state index in [4.69, 9.17) is 11.6 Å². The number of nitrogens with zero attached hydrogens (tertiary/aromatic N) is 2. The average Bonchev–Trinajstić information content (AvgIpc) is 3.16. The lowest BCUT2D eigenvalue weighted by molar-refractivity contribution is -0.596. The number of benzene rings is 3. The van der Waals surface area contributed by atoms with Crippen LogP contribution < -0.4 is 15.6 Å². The van der Waals surface area contributed by atoms with E-state index >= 15 is 0 Å². The standard InChI is InChI=1S/C27H26ClFN4O2/c1-3-32(4-2)23-15-5-18(6-16-23)17-33-25(19-7-11-21(28)12-8-19)24(27(35)31-33)30-26(34)20-9-13-22(29)14-10-20/h5-17,24-25H,3-4H2,1-2H3,(H-,30,31,34,35)/p+1/t24-,25-/m0/s1. The summed E-state index contributed by atoms with van der Waals surface area (Å²) in [7, 11) is 0. The van der Waals surface area contributed by atoms with E-state index in [0.717, 1.165) is 29.9 Å². The van der Waals surface area contributed by atoms with E-state index in [9.17, 15) is 14.0 Å². The predicted octanol–water partition coefficient (Wildman–Crippen LogP) is 4.34. The Bertz CT molecular complexity index is 1220. The molecule has 1 aliphatic rings. The number of halogens is 2. The summed E-state index contributed by atoms with van der Waals surface area (Å²) in [5.41, 5.74) is 5.94. The highest BCUT2D eigenvalue weighted by molar-refractivity contribution is 6.30. The third kappa shape index (κ3) is 5.52. The van der Waals surface area contributed by atoms with E-state index in [1.165, 1.54) is 24.3 Å². The second-order valence-electron chi connectivity index (χ2n) is 8.23. The van der Waals surface area contributed by atoms with Crippen LogP contribution in [0.15, 0.2) is 72.8 Å². The zero-order valence-electron chi connectivity index (χ0n) is 19.5. The molecule has 0 aliphatic carbocycles. The van der Waals surface area contributed by atoms with Gasteiger partial charge in [-0.3, -0.25) is 9.59 Å². The monoisotopic (exact) mass is 493 g/mol. The third-order valence-electron chi connectivity index (χ3n) is 6.05. The van der Waals surface area contributed by atoms with Crippen molar-refractivity contribution in [3.63, 3.8) is 0 Å². The number of hydrogen-bond acceptors (Lipinski definition) is 3. The third-order valence-corrected chi connectivity index (χ3v) is 6.30. The summed E-state index contributed by atoms with van der Waals surface area (Å²) in [6.45, 7) is 6.05. The smallest absolute Gasteiger partial charge is 0.304 e. The molecule has 1 saturated heterocycles. The first-order valence-electron chi connectivity index (χ1n) is 11.5. The summed E-state index contributed by atoms with van der Waals surface area (Å²) >= 11 is 6.08. The molecular formula is C27H27ClFN4O2+. The molecule has 2 atom stereocenters. The Morgan fingerprint density at radius 2 is 1.66 bits per heavy atom. The summed E-state index contributed by atoms with van der Waals surface area (Å²) in [6, 6.07) is 19.0. The van der Waals surface area contributed by atoms with Crippen molar-refractivity contribution in [3.8, 4) is 0 Å². The molecule has 1 fully saturated rings. The molecule has 0 saturated carbocycles. The van der Waals surface area contributed by atoms with Crippen LogP contribution in [0.4, 0.5) is 10.1 Å². The van der Waals surface area contributed by atoms with Crippen LogP contribution in [0.2, 0.25) is 5.02 Å². The fourth-order valence-corrected chi connectivity index (χ4v) is 4.31. The highest BCUT2D eigenvalue weighted by Gasteiger charge is 2.47. The fraction of sp³-hybridized carbons (Fsp3) is 0.222. The Hall–Kier alpha value is -3.71.